The number of carbonyl (C=O) groups excluding carboxylic acids is 3. The molecule has 33 heavy (non-hydrogen) atoms. The van der Waals surface area contributed by atoms with Crippen molar-refractivity contribution >= 4 is 23.7 Å². The lowest BCUT2D eigenvalue weighted by Crippen LogP contribution is -2.56. The molecule has 3 amide bonds. The quantitative estimate of drug-likeness (QED) is 0.577. The molecule has 0 bridgehead atoms. The summed E-state index contributed by atoms with van der Waals surface area (Å²) in [6.07, 6.45) is 0.704. The van der Waals surface area contributed by atoms with Crippen LogP contribution in [0.25, 0.3) is 11.1 Å². The lowest BCUT2D eigenvalue weighted by atomic mass is 9.97. The molecule has 2 atom stereocenters. The molecule has 10 heteroatoms. The smallest absolute Gasteiger partial charge is 0.316 e. The van der Waals surface area contributed by atoms with E-state index in [0.717, 1.165) is 12.1 Å². The first-order chi connectivity index (χ1) is 15.6. The summed E-state index contributed by atoms with van der Waals surface area (Å²) in [6, 6.07) is 5.76. The summed E-state index contributed by atoms with van der Waals surface area (Å²) in [5, 5.41) is 14.0. The Morgan fingerprint density at radius 3 is 2.55 bits per heavy atom. The number of amides is 3. The SMILES string of the molecule is CC1=CC(=O)C(NC(=O)NC(CC(=O)O)c2cccc(-c3ccc(F)cc3F)c2)C(=O)N1C. The van der Waals surface area contributed by atoms with E-state index in [2.05, 4.69) is 10.6 Å². The van der Waals surface area contributed by atoms with Crippen molar-refractivity contribution < 1.29 is 33.1 Å². The van der Waals surface area contributed by atoms with Crippen LogP contribution in [0.1, 0.15) is 24.9 Å². The van der Waals surface area contributed by atoms with E-state index in [-0.39, 0.29) is 5.56 Å². The molecular weight excluding hydrogens is 436 g/mol. The van der Waals surface area contributed by atoms with Crippen molar-refractivity contribution in [3.63, 3.8) is 0 Å². The first-order valence-electron chi connectivity index (χ1n) is 9.90. The normalized spacial score (nSPS) is 16.8. The third kappa shape index (κ3) is 5.40. The fourth-order valence-electron chi connectivity index (χ4n) is 3.41. The van der Waals surface area contributed by atoms with Crippen LogP contribution in [0, 0.1) is 11.6 Å². The molecule has 0 fully saturated rings. The number of carboxylic acid groups (broad SMARTS) is 1. The van der Waals surface area contributed by atoms with Crippen LogP contribution >= 0.6 is 0 Å². The number of urea groups is 1. The molecule has 3 N–H and O–H groups in total. The number of ketones is 1. The number of carbonyl (C=O) groups is 4. The van der Waals surface area contributed by atoms with Crippen LogP contribution in [-0.2, 0) is 14.4 Å². The fraction of sp³-hybridized carbons (Fsp3) is 0.217. The van der Waals surface area contributed by atoms with E-state index >= 15 is 0 Å². The maximum absolute atomic E-state index is 14.2. The number of allylic oxidation sites excluding steroid dienone is 1. The highest BCUT2D eigenvalue weighted by Crippen LogP contribution is 2.27. The second-order valence-corrected chi connectivity index (χ2v) is 7.54. The summed E-state index contributed by atoms with van der Waals surface area (Å²) < 4.78 is 27.4. The number of rotatable bonds is 6. The van der Waals surface area contributed by atoms with Gasteiger partial charge in [-0.15, -0.1) is 0 Å². The summed E-state index contributed by atoms with van der Waals surface area (Å²) in [7, 11) is 1.46. The zero-order valence-corrected chi connectivity index (χ0v) is 17.8. The minimum Gasteiger partial charge on any atom is -0.481 e. The molecule has 172 valence electrons. The van der Waals surface area contributed by atoms with Crippen molar-refractivity contribution in [3.05, 3.63) is 71.4 Å². The zero-order valence-electron chi connectivity index (χ0n) is 17.8. The maximum atomic E-state index is 14.2. The van der Waals surface area contributed by atoms with E-state index in [1.165, 1.54) is 36.2 Å². The van der Waals surface area contributed by atoms with Crippen molar-refractivity contribution in [2.24, 2.45) is 0 Å². The molecule has 2 unspecified atom stereocenters. The van der Waals surface area contributed by atoms with Crippen molar-refractivity contribution in [2.75, 3.05) is 7.05 Å². The number of halogens is 2. The van der Waals surface area contributed by atoms with Crippen LogP contribution in [0.5, 0.6) is 0 Å². The Morgan fingerprint density at radius 1 is 1.15 bits per heavy atom. The number of benzene rings is 2. The molecule has 1 aliphatic heterocycles. The van der Waals surface area contributed by atoms with Crippen LogP contribution in [0.3, 0.4) is 0 Å². The van der Waals surface area contributed by atoms with Crippen LogP contribution in [0.4, 0.5) is 13.6 Å². The predicted molar refractivity (Wildman–Crippen MR) is 114 cm³/mol. The lowest BCUT2D eigenvalue weighted by Gasteiger charge is -2.28. The van der Waals surface area contributed by atoms with E-state index in [4.69, 9.17) is 0 Å². The average Bonchev–Trinajstić information content (AvgIpc) is 2.74. The monoisotopic (exact) mass is 457 g/mol. The third-order valence-corrected chi connectivity index (χ3v) is 5.23. The van der Waals surface area contributed by atoms with E-state index in [9.17, 15) is 33.1 Å². The molecule has 2 aromatic rings. The first kappa shape index (κ1) is 23.6. The zero-order chi connectivity index (χ0) is 24.3. The third-order valence-electron chi connectivity index (χ3n) is 5.23. The molecular formula is C23H21F2N3O5. The summed E-state index contributed by atoms with van der Waals surface area (Å²) in [5.41, 5.74) is 1.21. The van der Waals surface area contributed by atoms with Crippen LogP contribution in [-0.4, -0.2) is 46.8 Å². The second kappa shape index (κ2) is 9.60. The van der Waals surface area contributed by atoms with Gasteiger partial charge in [-0.2, -0.15) is 0 Å². The molecule has 3 rings (SSSR count). The Labute approximate surface area is 187 Å². The van der Waals surface area contributed by atoms with Gasteiger partial charge in [-0.25, -0.2) is 13.6 Å². The fourth-order valence-corrected chi connectivity index (χ4v) is 3.41. The molecule has 1 heterocycles. The van der Waals surface area contributed by atoms with Gasteiger partial charge in [0.1, 0.15) is 11.6 Å². The summed E-state index contributed by atoms with van der Waals surface area (Å²) >= 11 is 0. The number of likely N-dealkylation sites (N-methyl/N-ethyl adjacent to an activating group) is 1. The average molecular weight is 457 g/mol. The highest BCUT2D eigenvalue weighted by Gasteiger charge is 2.34. The number of hydrogen-bond acceptors (Lipinski definition) is 4. The summed E-state index contributed by atoms with van der Waals surface area (Å²) in [6.45, 7) is 1.58. The molecule has 0 aromatic heterocycles. The standard InChI is InChI=1S/C23H21F2N3O5/c1-12-8-19(29)21(22(32)28(12)2)27-23(33)26-18(11-20(30)31)14-5-3-4-13(9-14)16-7-6-15(24)10-17(16)25/h3-10,18,21H,11H2,1-2H3,(H,30,31)(H2,26,27,33). The van der Waals surface area contributed by atoms with E-state index < -0.39 is 53.8 Å². The second-order valence-electron chi connectivity index (χ2n) is 7.54. The van der Waals surface area contributed by atoms with Gasteiger partial charge in [0.25, 0.3) is 5.91 Å². The maximum Gasteiger partial charge on any atom is 0.316 e. The first-order valence-corrected chi connectivity index (χ1v) is 9.90. The van der Waals surface area contributed by atoms with Crippen LogP contribution < -0.4 is 10.6 Å². The summed E-state index contributed by atoms with van der Waals surface area (Å²) in [4.78, 5) is 49.7. The molecule has 0 saturated heterocycles. The van der Waals surface area contributed by atoms with Crippen molar-refractivity contribution in [2.45, 2.75) is 25.4 Å². The number of aliphatic carboxylic acids is 1. The lowest BCUT2D eigenvalue weighted by molar-refractivity contribution is -0.138. The topological polar surface area (TPSA) is 116 Å². The number of nitrogens with one attached hydrogen (secondary N) is 2. The number of carboxylic acids is 1. The van der Waals surface area contributed by atoms with Crippen LogP contribution in [0.15, 0.2) is 54.2 Å². The molecule has 0 aliphatic carbocycles. The van der Waals surface area contributed by atoms with Crippen molar-refractivity contribution in [3.8, 4) is 11.1 Å². The Bertz CT molecular complexity index is 1160. The highest BCUT2D eigenvalue weighted by atomic mass is 19.1. The van der Waals surface area contributed by atoms with E-state index in [1.807, 2.05) is 0 Å². The molecule has 0 saturated carbocycles. The van der Waals surface area contributed by atoms with Gasteiger partial charge >= 0.3 is 12.0 Å². The van der Waals surface area contributed by atoms with Gasteiger partial charge in [-0.1, -0.05) is 18.2 Å². The van der Waals surface area contributed by atoms with E-state index in [0.29, 0.717) is 16.8 Å². The van der Waals surface area contributed by atoms with Gasteiger partial charge in [-0.05, 0) is 36.2 Å². The minimum absolute atomic E-state index is 0.0976. The minimum atomic E-state index is -1.44. The molecule has 8 nitrogen and oxygen atoms in total. The largest absolute Gasteiger partial charge is 0.481 e. The molecule has 0 spiro atoms. The van der Waals surface area contributed by atoms with Gasteiger partial charge in [0.2, 0.25) is 0 Å². The molecule has 1 aliphatic rings. The Balaban J connectivity index is 1.83. The summed E-state index contributed by atoms with van der Waals surface area (Å²) in [5.74, 6) is -3.98. The Morgan fingerprint density at radius 2 is 1.88 bits per heavy atom. The highest BCUT2D eigenvalue weighted by molar-refractivity contribution is 6.14. The van der Waals surface area contributed by atoms with Gasteiger partial charge in [-0.3, -0.25) is 14.4 Å². The molecule has 2 aromatic carbocycles. The van der Waals surface area contributed by atoms with Crippen LogP contribution in [0.2, 0.25) is 0 Å². The van der Waals surface area contributed by atoms with E-state index in [1.54, 1.807) is 19.1 Å². The number of hydrogen-bond donors (Lipinski definition) is 3. The van der Waals surface area contributed by atoms with Gasteiger partial charge in [0.05, 0.1) is 12.5 Å². The predicted octanol–water partition coefficient (Wildman–Crippen LogP) is 2.76. The van der Waals surface area contributed by atoms with Gasteiger partial charge < -0.3 is 20.6 Å². The van der Waals surface area contributed by atoms with Crippen molar-refractivity contribution in [1.82, 2.24) is 15.5 Å². The van der Waals surface area contributed by atoms with Gasteiger partial charge in [0.15, 0.2) is 11.8 Å². The Hall–Kier alpha value is -4.08. The van der Waals surface area contributed by atoms with Gasteiger partial charge in [0, 0.05) is 30.5 Å². The Kier molecular flexibility index (Phi) is 6.86. The van der Waals surface area contributed by atoms with Crippen molar-refractivity contribution in [1.29, 1.82) is 0 Å². The molecule has 0 radical (unpaired) electrons. The number of nitrogens with zero attached hydrogens (tertiary/aromatic N) is 1.